The van der Waals surface area contributed by atoms with Crippen LogP contribution in [0, 0.1) is 0 Å². The van der Waals surface area contributed by atoms with Gasteiger partial charge in [0.1, 0.15) is 4.88 Å². The number of H-pyrrole nitrogens is 1. The summed E-state index contributed by atoms with van der Waals surface area (Å²) in [5.41, 5.74) is 1.75. The normalized spacial score (nSPS) is 10.9. The number of aromatic nitrogens is 4. The maximum atomic E-state index is 12.1. The van der Waals surface area contributed by atoms with Gasteiger partial charge in [-0.1, -0.05) is 31.7 Å². The van der Waals surface area contributed by atoms with E-state index in [2.05, 4.69) is 38.9 Å². The highest BCUT2D eigenvalue weighted by Crippen LogP contribution is 2.17. The third-order valence-electron chi connectivity index (χ3n) is 2.71. The van der Waals surface area contributed by atoms with Gasteiger partial charge in [-0.05, 0) is 23.9 Å². The van der Waals surface area contributed by atoms with Gasteiger partial charge in [0.2, 0.25) is 0 Å². The van der Waals surface area contributed by atoms with Crippen LogP contribution in [-0.2, 0) is 6.42 Å². The smallest absolute Gasteiger partial charge is 0.270 e. The quantitative estimate of drug-likeness (QED) is 0.881. The van der Waals surface area contributed by atoms with E-state index < -0.39 is 0 Å². The lowest BCUT2D eigenvalue weighted by Crippen LogP contribution is -2.12. The molecule has 0 fully saturated rings. The monoisotopic (exact) mass is 279 g/mol. The van der Waals surface area contributed by atoms with Gasteiger partial charge < -0.3 is 5.32 Å². The standard InChI is InChI=1S/C12H17N5OS/c1-4-5-8-11(19-17-15-8)12(18)13-10-6-9(7(2)3)14-16-10/h6-7H,4-5H2,1-3H3,(H2,13,14,16,18). The van der Waals surface area contributed by atoms with E-state index in [1.165, 1.54) is 0 Å². The Hall–Kier alpha value is -1.76. The van der Waals surface area contributed by atoms with E-state index in [1.54, 1.807) is 0 Å². The zero-order chi connectivity index (χ0) is 13.8. The minimum atomic E-state index is -0.194. The molecule has 102 valence electrons. The number of amides is 1. The Morgan fingerprint density at radius 1 is 1.53 bits per heavy atom. The maximum absolute atomic E-state index is 12.1. The van der Waals surface area contributed by atoms with Crippen LogP contribution in [0.5, 0.6) is 0 Å². The van der Waals surface area contributed by atoms with E-state index in [9.17, 15) is 4.79 Å². The zero-order valence-corrected chi connectivity index (χ0v) is 12.0. The second kappa shape index (κ2) is 5.92. The molecule has 2 aromatic rings. The fourth-order valence-electron chi connectivity index (χ4n) is 1.65. The topological polar surface area (TPSA) is 83.6 Å². The van der Waals surface area contributed by atoms with Gasteiger partial charge in [-0.2, -0.15) is 5.10 Å². The number of nitrogens with zero attached hydrogens (tertiary/aromatic N) is 3. The number of nitrogens with one attached hydrogen (secondary N) is 2. The average molecular weight is 279 g/mol. The Kier molecular flexibility index (Phi) is 4.26. The molecule has 2 aromatic heterocycles. The summed E-state index contributed by atoms with van der Waals surface area (Å²) in [4.78, 5) is 12.7. The molecule has 6 nitrogen and oxygen atoms in total. The van der Waals surface area contributed by atoms with Crippen molar-refractivity contribution in [2.24, 2.45) is 0 Å². The molecule has 2 rings (SSSR count). The van der Waals surface area contributed by atoms with E-state index in [0.717, 1.165) is 35.8 Å². The van der Waals surface area contributed by atoms with E-state index in [0.29, 0.717) is 16.6 Å². The van der Waals surface area contributed by atoms with Crippen LogP contribution >= 0.6 is 11.5 Å². The molecule has 0 aromatic carbocycles. The average Bonchev–Trinajstić information content (AvgIpc) is 2.98. The minimum absolute atomic E-state index is 0.194. The molecule has 0 radical (unpaired) electrons. The predicted molar refractivity (Wildman–Crippen MR) is 74.5 cm³/mol. The lowest BCUT2D eigenvalue weighted by Gasteiger charge is -2.00. The van der Waals surface area contributed by atoms with Crippen LogP contribution in [0.3, 0.4) is 0 Å². The summed E-state index contributed by atoms with van der Waals surface area (Å²) in [6.07, 6.45) is 1.70. The molecule has 1 amide bonds. The molecule has 0 bridgehead atoms. The Labute approximate surface area is 115 Å². The second-order valence-electron chi connectivity index (χ2n) is 4.62. The lowest BCUT2D eigenvalue weighted by molar-refractivity contribution is 0.102. The third kappa shape index (κ3) is 3.17. The van der Waals surface area contributed by atoms with Gasteiger partial charge in [-0.25, -0.2) is 0 Å². The summed E-state index contributed by atoms with van der Waals surface area (Å²) in [7, 11) is 0. The van der Waals surface area contributed by atoms with Gasteiger partial charge in [0.25, 0.3) is 5.91 Å². The van der Waals surface area contributed by atoms with Crippen molar-refractivity contribution in [3.63, 3.8) is 0 Å². The van der Waals surface area contributed by atoms with Crippen LogP contribution < -0.4 is 5.32 Å². The molecule has 2 heterocycles. The largest absolute Gasteiger partial charge is 0.304 e. The Morgan fingerprint density at radius 2 is 2.32 bits per heavy atom. The summed E-state index contributed by atoms with van der Waals surface area (Å²) in [6, 6.07) is 1.84. The number of aromatic amines is 1. The number of carbonyl (C=O) groups is 1. The van der Waals surface area contributed by atoms with Crippen LogP contribution in [0.1, 0.15) is 54.2 Å². The van der Waals surface area contributed by atoms with Crippen LogP contribution in [-0.4, -0.2) is 25.7 Å². The molecule has 0 aliphatic rings. The van der Waals surface area contributed by atoms with Crippen molar-refractivity contribution in [1.82, 2.24) is 19.8 Å². The first-order valence-electron chi connectivity index (χ1n) is 6.29. The first-order valence-corrected chi connectivity index (χ1v) is 7.07. The number of hydrogen-bond donors (Lipinski definition) is 2. The minimum Gasteiger partial charge on any atom is -0.304 e. The van der Waals surface area contributed by atoms with Crippen LogP contribution in [0.2, 0.25) is 0 Å². The van der Waals surface area contributed by atoms with Gasteiger partial charge in [-0.15, -0.1) is 5.10 Å². The fourth-order valence-corrected chi connectivity index (χ4v) is 2.25. The van der Waals surface area contributed by atoms with Gasteiger partial charge in [0, 0.05) is 11.8 Å². The summed E-state index contributed by atoms with van der Waals surface area (Å²) >= 11 is 1.12. The number of aryl methyl sites for hydroxylation is 1. The van der Waals surface area contributed by atoms with Crippen molar-refractivity contribution in [2.75, 3.05) is 5.32 Å². The molecule has 19 heavy (non-hydrogen) atoms. The van der Waals surface area contributed by atoms with Gasteiger partial charge >= 0.3 is 0 Å². The Balaban J connectivity index is 2.09. The van der Waals surface area contributed by atoms with Gasteiger partial charge in [0.05, 0.1) is 5.69 Å². The predicted octanol–water partition coefficient (Wildman–Crippen LogP) is 2.59. The molecule has 0 aliphatic carbocycles. The van der Waals surface area contributed by atoms with E-state index >= 15 is 0 Å². The number of hydrogen-bond acceptors (Lipinski definition) is 5. The first-order chi connectivity index (χ1) is 9.11. The zero-order valence-electron chi connectivity index (χ0n) is 11.2. The highest BCUT2D eigenvalue weighted by molar-refractivity contribution is 7.08. The summed E-state index contributed by atoms with van der Waals surface area (Å²) < 4.78 is 3.84. The van der Waals surface area contributed by atoms with Gasteiger partial charge in [-0.3, -0.25) is 9.89 Å². The Morgan fingerprint density at radius 3 is 2.95 bits per heavy atom. The molecule has 2 N–H and O–H groups in total. The summed E-state index contributed by atoms with van der Waals surface area (Å²) in [6.45, 7) is 6.17. The summed E-state index contributed by atoms with van der Waals surface area (Å²) in [5, 5.41) is 13.7. The lowest BCUT2D eigenvalue weighted by atomic mass is 10.1. The van der Waals surface area contributed by atoms with E-state index in [1.807, 2.05) is 13.0 Å². The van der Waals surface area contributed by atoms with Crippen LogP contribution in [0.4, 0.5) is 5.82 Å². The summed E-state index contributed by atoms with van der Waals surface area (Å²) in [5.74, 6) is 0.684. The number of anilines is 1. The number of rotatable bonds is 5. The molecule has 0 saturated heterocycles. The molecule has 0 atom stereocenters. The maximum Gasteiger partial charge on any atom is 0.270 e. The van der Waals surface area contributed by atoms with Crippen molar-refractivity contribution in [1.29, 1.82) is 0 Å². The second-order valence-corrected chi connectivity index (χ2v) is 5.37. The van der Waals surface area contributed by atoms with Crippen LogP contribution in [0.25, 0.3) is 0 Å². The highest BCUT2D eigenvalue weighted by atomic mass is 32.1. The third-order valence-corrected chi connectivity index (χ3v) is 3.48. The Bertz CT molecular complexity index is 560. The molecular formula is C12H17N5OS. The highest BCUT2D eigenvalue weighted by Gasteiger charge is 2.17. The van der Waals surface area contributed by atoms with Crippen molar-refractivity contribution >= 4 is 23.3 Å². The van der Waals surface area contributed by atoms with E-state index in [-0.39, 0.29) is 5.91 Å². The molecule has 0 spiro atoms. The molecule has 7 heteroatoms. The SMILES string of the molecule is CCCc1nnsc1C(=O)Nc1cc(C(C)C)[nH]n1. The van der Waals surface area contributed by atoms with Crippen molar-refractivity contribution in [2.45, 2.75) is 39.5 Å². The molecule has 0 unspecified atom stereocenters. The van der Waals surface area contributed by atoms with Crippen molar-refractivity contribution in [3.05, 3.63) is 22.3 Å². The fraction of sp³-hybridized carbons (Fsp3) is 0.500. The van der Waals surface area contributed by atoms with Crippen LogP contribution in [0.15, 0.2) is 6.07 Å². The molecule has 0 saturated carbocycles. The van der Waals surface area contributed by atoms with Crippen molar-refractivity contribution in [3.8, 4) is 0 Å². The van der Waals surface area contributed by atoms with Gasteiger partial charge in [0.15, 0.2) is 5.82 Å². The first kappa shape index (κ1) is 13.7. The van der Waals surface area contributed by atoms with Crippen molar-refractivity contribution < 1.29 is 4.79 Å². The number of carbonyl (C=O) groups excluding carboxylic acids is 1. The molecular weight excluding hydrogens is 262 g/mol. The van der Waals surface area contributed by atoms with E-state index in [4.69, 9.17) is 0 Å². The molecule has 0 aliphatic heterocycles.